The van der Waals surface area contributed by atoms with E-state index in [1.54, 1.807) is 0 Å². The predicted octanol–water partition coefficient (Wildman–Crippen LogP) is 1.16. The van der Waals surface area contributed by atoms with Crippen molar-refractivity contribution in [1.82, 2.24) is 4.72 Å². The summed E-state index contributed by atoms with van der Waals surface area (Å²) in [5.74, 6) is -0.0218. The molecule has 0 bridgehead atoms. The molecule has 19 heavy (non-hydrogen) atoms. The molecule has 0 saturated heterocycles. The summed E-state index contributed by atoms with van der Waals surface area (Å²) in [5.41, 5.74) is 7.46. The van der Waals surface area contributed by atoms with Crippen LogP contribution in [-0.4, -0.2) is 27.4 Å². The second-order valence-electron chi connectivity index (χ2n) is 4.30. The summed E-state index contributed by atoms with van der Waals surface area (Å²) in [6, 6.07) is 7.31. The summed E-state index contributed by atoms with van der Waals surface area (Å²) in [5, 5.41) is 0. The maximum absolute atomic E-state index is 11.8. The lowest BCUT2D eigenvalue weighted by Gasteiger charge is -2.15. The Hall–Kier alpha value is -0.950. The zero-order valence-corrected chi connectivity index (χ0v) is 12.2. The molecule has 3 N–H and O–H groups in total. The van der Waals surface area contributed by atoms with Crippen LogP contribution in [0.2, 0.25) is 0 Å². The Balaban J connectivity index is 2.59. The standard InChI is InChI=1S/C13H22N2O3S/c1-3-18-8-9-19(16,17)15-11(2)13-6-4-12(10-14)5-7-13/h4-7,11,15H,3,8-10,14H2,1-2H3. The highest BCUT2D eigenvalue weighted by atomic mass is 32.2. The van der Waals surface area contributed by atoms with Crippen molar-refractivity contribution in [2.24, 2.45) is 5.73 Å². The topological polar surface area (TPSA) is 81.4 Å². The van der Waals surface area contributed by atoms with Crippen LogP contribution in [0.3, 0.4) is 0 Å². The number of hydrogen-bond donors (Lipinski definition) is 2. The third-order valence-corrected chi connectivity index (χ3v) is 4.19. The van der Waals surface area contributed by atoms with Crippen LogP contribution in [0.5, 0.6) is 0 Å². The molecule has 1 rings (SSSR count). The minimum Gasteiger partial charge on any atom is -0.381 e. The van der Waals surface area contributed by atoms with Gasteiger partial charge in [-0.2, -0.15) is 0 Å². The highest BCUT2D eigenvalue weighted by molar-refractivity contribution is 7.89. The molecule has 1 aromatic carbocycles. The van der Waals surface area contributed by atoms with Gasteiger partial charge < -0.3 is 10.5 Å². The lowest BCUT2D eigenvalue weighted by Crippen LogP contribution is -2.30. The highest BCUT2D eigenvalue weighted by Crippen LogP contribution is 2.14. The van der Waals surface area contributed by atoms with Crippen LogP contribution < -0.4 is 10.5 Å². The molecule has 0 aromatic heterocycles. The van der Waals surface area contributed by atoms with Crippen LogP contribution in [0.25, 0.3) is 0 Å². The van der Waals surface area contributed by atoms with Crippen molar-refractivity contribution in [3.63, 3.8) is 0 Å². The van der Waals surface area contributed by atoms with Gasteiger partial charge in [0.1, 0.15) is 0 Å². The van der Waals surface area contributed by atoms with E-state index in [-0.39, 0.29) is 18.4 Å². The predicted molar refractivity (Wildman–Crippen MR) is 76.2 cm³/mol. The summed E-state index contributed by atoms with van der Waals surface area (Å²) >= 11 is 0. The van der Waals surface area contributed by atoms with Gasteiger partial charge in [0.25, 0.3) is 0 Å². The normalized spacial score (nSPS) is 13.4. The number of benzene rings is 1. The first-order chi connectivity index (χ1) is 8.98. The average Bonchev–Trinajstić information content (AvgIpc) is 2.38. The van der Waals surface area contributed by atoms with E-state index >= 15 is 0 Å². The first-order valence-corrected chi connectivity index (χ1v) is 8.00. The third-order valence-electron chi connectivity index (χ3n) is 2.77. The van der Waals surface area contributed by atoms with Crippen LogP contribution >= 0.6 is 0 Å². The zero-order chi connectivity index (χ0) is 14.3. The van der Waals surface area contributed by atoms with Gasteiger partial charge in [-0.05, 0) is 25.0 Å². The number of nitrogens with two attached hydrogens (primary N) is 1. The van der Waals surface area contributed by atoms with Gasteiger partial charge >= 0.3 is 0 Å². The molecule has 0 amide bonds. The van der Waals surface area contributed by atoms with Crippen LogP contribution in [0, 0.1) is 0 Å². The van der Waals surface area contributed by atoms with Crippen molar-refractivity contribution in [2.75, 3.05) is 19.0 Å². The molecule has 1 unspecified atom stereocenters. The lowest BCUT2D eigenvalue weighted by atomic mass is 10.1. The van der Waals surface area contributed by atoms with E-state index in [1.807, 2.05) is 38.1 Å². The van der Waals surface area contributed by atoms with E-state index in [4.69, 9.17) is 10.5 Å². The van der Waals surface area contributed by atoms with Gasteiger partial charge in [0.2, 0.25) is 10.0 Å². The van der Waals surface area contributed by atoms with Crippen molar-refractivity contribution >= 4 is 10.0 Å². The van der Waals surface area contributed by atoms with Crippen LogP contribution in [0.1, 0.15) is 31.0 Å². The fourth-order valence-corrected chi connectivity index (χ4v) is 2.78. The molecule has 6 heteroatoms. The minimum absolute atomic E-state index is 0.0218. The molecule has 5 nitrogen and oxygen atoms in total. The van der Waals surface area contributed by atoms with Crippen molar-refractivity contribution in [3.8, 4) is 0 Å². The molecule has 1 atom stereocenters. The number of hydrogen-bond acceptors (Lipinski definition) is 4. The Kier molecular flexibility index (Phi) is 6.44. The molecule has 0 fully saturated rings. The molecular formula is C13H22N2O3S. The Morgan fingerprint density at radius 2 is 1.95 bits per heavy atom. The number of rotatable bonds is 8. The molecule has 0 spiro atoms. The largest absolute Gasteiger partial charge is 0.381 e. The summed E-state index contributed by atoms with van der Waals surface area (Å²) in [7, 11) is -3.32. The minimum atomic E-state index is -3.32. The lowest BCUT2D eigenvalue weighted by molar-refractivity contribution is 0.163. The Labute approximate surface area is 115 Å². The highest BCUT2D eigenvalue weighted by Gasteiger charge is 2.15. The van der Waals surface area contributed by atoms with E-state index in [0.717, 1.165) is 11.1 Å². The summed E-state index contributed by atoms with van der Waals surface area (Å²) < 4.78 is 31.3. The molecular weight excluding hydrogens is 264 g/mol. The summed E-state index contributed by atoms with van der Waals surface area (Å²) in [6.45, 7) is 4.86. The summed E-state index contributed by atoms with van der Waals surface area (Å²) in [4.78, 5) is 0. The van der Waals surface area contributed by atoms with E-state index in [2.05, 4.69) is 4.72 Å². The van der Waals surface area contributed by atoms with Crippen molar-refractivity contribution in [3.05, 3.63) is 35.4 Å². The van der Waals surface area contributed by atoms with Gasteiger partial charge in [-0.3, -0.25) is 0 Å². The van der Waals surface area contributed by atoms with Gasteiger partial charge in [0.05, 0.1) is 12.4 Å². The Morgan fingerprint density at radius 1 is 1.32 bits per heavy atom. The molecule has 0 aliphatic carbocycles. The van der Waals surface area contributed by atoms with Crippen molar-refractivity contribution < 1.29 is 13.2 Å². The number of ether oxygens (including phenoxy) is 1. The molecule has 0 heterocycles. The second-order valence-corrected chi connectivity index (χ2v) is 6.17. The molecule has 0 aliphatic heterocycles. The van der Waals surface area contributed by atoms with Crippen LogP contribution in [-0.2, 0) is 21.3 Å². The van der Waals surface area contributed by atoms with Crippen molar-refractivity contribution in [2.45, 2.75) is 26.4 Å². The first kappa shape index (κ1) is 16.1. The van der Waals surface area contributed by atoms with Crippen molar-refractivity contribution in [1.29, 1.82) is 0 Å². The monoisotopic (exact) mass is 286 g/mol. The third kappa shape index (κ3) is 5.69. The average molecular weight is 286 g/mol. The number of sulfonamides is 1. The Bertz CT molecular complexity index is 471. The molecule has 108 valence electrons. The second kappa shape index (κ2) is 7.59. The van der Waals surface area contributed by atoms with Gasteiger partial charge in [-0.15, -0.1) is 0 Å². The maximum Gasteiger partial charge on any atom is 0.214 e. The smallest absolute Gasteiger partial charge is 0.214 e. The SMILES string of the molecule is CCOCCS(=O)(=O)NC(C)c1ccc(CN)cc1. The van der Waals surface area contributed by atoms with E-state index < -0.39 is 10.0 Å². The number of nitrogens with one attached hydrogen (secondary N) is 1. The molecule has 0 saturated carbocycles. The zero-order valence-electron chi connectivity index (χ0n) is 11.4. The molecule has 0 radical (unpaired) electrons. The van der Waals surface area contributed by atoms with Gasteiger partial charge in [-0.25, -0.2) is 13.1 Å². The van der Waals surface area contributed by atoms with Crippen LogP contribution in [0.4, 0.5) is 0 Å². The van der Waals surface area contributed by atoms with E-state index in [0.29, 0.717) is 13.2 Å². The van der Waals surface area contributed by atoms with E-state index in [1.165, 1.54) is 0 Å². The van der Waals surface area contributed by atoms with Gasteiger partial charge in [-0.1, -0.05) is 24.3 Å². The Morgan fingerprint density at radius 3 is 2.47 bits per heavy atom. The van der Waals surface area contributed by atoms with Crippen LogP contribution in [0.15, 0.2) is 24.3 Å². The van der Waals surface area contributed by atoms with Gasteiger partial charge in [0, 0.05) is 19.2 Å². The first-order valence-electron chi connectivity index (χ1n) is 6.35. The quantitative estimate of drug-likeness (QED) is 0.703. The fraction of sp³-hybridized carbons (Fsp3) is 0.538. The fourth-order valence-electron chi connectivity index (χ4n) is 1.65. The van der Waals surface area contributed by atoms with Gasteiger partial charge in [0.15, 0.2) is 0 Å². The molecule has 1 aromatic rings. The summed E-state index contributed by atoms with van der Waals surface area (Å²) in [6.07, 6.45) is 0. The van der Waals surface area contributed by atoms with E-state index in [9.17, 15) is 8.42 Å². The maximum atomic E-state index is 11.8. The molecule has 0 aliphatic rings.